The van der Waals surface area contributed by atoms with Crippen LogP contribution in [0.5, 0.6) is 0 Å². The van der Waals surface area contributed by atoms with Gasteiger partial charge in [0.2, 0.25) is 5.09 Å². The molecule has 0 atom stereocenters. The first-order valence-electron chi connectivity index (χ1n) is 8.26. The van der Waals surface area contributed by atoms with Crippen molar-refractivity contribution in [1.29, 1.82) is 0 Å². The number of furan rings is 1. The molecule has 0 amide bonds. The quantitative estimate of drug-likeness (QED) is 0.600. The number of unbranched alkanes of at least 4 members (excludes halogenated alkanes) is 1. The van der Waals surface area contributed by atoms with Crippen molar-refractivity contribution in [2.75, 3.05) is 10.5 Å². The minimum atomic E-state index is -4.13. The van der Waals surface area contributed by atoms with E-state index >= 15 is 0 Å². The summed E-state index contributed by atoms with van der Waals surface area (Å²) in [6.07, 6.45) is 1.17. The summed E-state index contributed by atoms with van der Waals surface area (Å²) in [6, 6.07) is 12.2. The number of sulfonamides is 1. The van der Waals surface area contributed by atoms with E-state index in [4.69, 9.17) is 16.0 Å². The predicted molar refractivity (Wildman–Crippen MR) is 105 cm³/mol. The fraction of sp³-hybridized carbons (Fsp3) is 0.222. The van der Waals surface area contributed by atoms with E-state index in [2.05, 4.69) is 4.72 Å². The lowest BCUT2D eigenvalue weighted by Gasteiger charge is -2.12. The standard InChI is InChI=1S/C18H18ClNO5S2/c1-2-3-10-26(21,22)17-9-8-14(19)12-15(17)20-27(23,24)18-11-13-6-4-5-7-16(13)25-18/h4-9,11-12,20H,2-3,10H2,1H3. The van der Waals surface area contributed by atoms with Crippen LogP contribution in [-0.2, 0) is 19.9 Å². The number of sulfone groups is 1. The highest BCUT2D eigenvalue weighted by molar-refractivity contribution is 7.93. The fourth-order valence-corrected chi connectivity index (χ4v) is 5.47. The molecule has 0 saturated carbocycles. The third kappa shape index (κ3) is 4.28. The molecule has 9 heteroatoms. The summed E-state index contributed by atoms with van der Waals surface area (Å²) in [6.45, 7) is 1.88. The van der Waals surface area contributed by atoms with Crippen molar-refractivity contribution < 1.29 is 21.3 Å². The summed E-state index contributed by atoms with van der Waals surface area (Å²) in [5.74, 6) is -0.0789. The first-order valence-corrected chi connectivity index (χ1v) is 11.8. The number of hydrogen-bond donors (Lipinski definition) is 1. The number of fused-ring (bicyclic) bond motifs is 1. The average Bonchev–Trinajstić information content (AvgIpc) is 3.05. The molecule has 1 heterocycles. The molecule has 0 spiro atoms. The van der Waals surface area contributed by atoms with Gasteiger partial charge in [-0.1, -0.05) is 43.1 Å². The number of hydrogen-bond acceptors (Lipinski definition) is 5. The largest absolute Gasteiger partial charge is 0.443 e. The Balaban J connectivity index is 2.02. The van der Waals surface area contributed by atoms with Crippen molar-refractivity contribution in [3.05, 3.63) is 53.6 Å². The molecule has 0 aliphatic rings. The molecular weight excluding hydrogens is 410 g/mol. The molecule has 144 valence electrons. The van der Waals surface area contributed by atoms with Gasteiger partial charge in [0.1, 0.15) is 5.58 Å². The highest BCUT2D eigenvalue weighted by Crippen LogP contribution is 2.30. The molecule has 3 rings (SSSR count). The van der Waals surface area contributed by atoms with Crippen molar-refractivity contribution in [2.45, 2.75) is 29.8 Å². The summed E-state index contributed by atoms with van der Waals surface area (Å²) < 4.78 is 58.3. The van der Waals surface area contributed by atoms with E-state index in [0.29, 0.717) is 23.8 Å². The van der Waals surface area contributed by atoms with Crippen LogP contribution in [0.4, 0.5) is 5.69 Å². The van der Waals surface area contributed by atoms with Gasteiger partial charge >= 0.3 is 0 Å². The van der Waals surface area contributed by atoms with E-state index < -0.39 is 19.9 Å². The summed E-state index contributed by atoms with van der Waals surface area (Å²) in [5.41, 5.74) is 0.318. The van der Waals surface area contributed by atoms with Crippen LogP contribution in [0, 0.1) is 0 Å². The van der Waals surface area contributed by atoms with Crippen LogP contribution < -0.4 is 4.72 Å². The zero-order valence-corrected chi connectivity index (χ0v) is 16.9. The number of nitrogens with one attached hydrogen (secondary N) is 1. The van der Waals surface area contributed by atoms with E-state index in [1.807, 2.05) is 6.92 Å². The second-order valence-electron chi connectivity index (χ2n) is 6.02. The first kappa shape index (κ1) is 19.7. The molecule has 27 heavy (non-hydrogen) atoms. The predicted octanol–water partition coefficient (Wildman–Crippen LogP) is 4.46. The van der Waals surface area contributed by atoms with Crippen molar-refractivity contribution in [1.82, 2.24) is 0 Å². The maximum Gasteiger partial charge on any atom is 0.295 e. The summed E-state index contributed by atoms with van der Waals surface area (Å²) in [5, 5.41) is 0.534. The van der Waals surface area contributed by atoms with Crippen LogP contribution in [0.15, 0.2) is 62.9 Å². The number of para-hydroxylation sites is 1. The van der Waals surface area contributed by atoms with Gasteiger partial charge in [0.15, 0.2) is 9.84 Å². The molecule has 1 aromatic heterocycles. The third-order valence-electron chi connectivity index (χ3n) is 3.96. The number of anilines is 1. The van der Waals surface area contributed by atoms with E-state index in [-0.39, 0.29) is 26.5 Å². The molecular formula is C18H18ClNO5S2. The van der Waals surface area contributed by atoms with Gasteiger partial charge in [0.05, 0.1) is 16.3 Å². The molecule has 2 aromatic carbocycles. The molecule has 1 N–H and O–H groups in total. The molecule has 0 radical (unpaired) electrons. The van der Waals surface area contributed by atoms with Crippen LogP contribution in [0.25, 0.3) is 11.0 Å². The molecule has 3 aromatic rings. The van der Waals surface area contributed by atoms with Gasteiger partial charge in [-0.3, -0.25) is 4.72 Å². The molecule has 0 saturated heterocycles. The zero-order valence-electron chi connectivity index (χ0n) is 14.5. The van der Waals surface area contributed by atoms with Gasteiger partial charge in [-0.15, -0.1) is 0 Å². The highest BCUT2D eigenvalue weighted by atomic mass is 35.5. The van der Waals surface area contributed by atoms with Crippen molar-refractivity contribution in [3.63, 3.8) is 0 Å². The van der Waals surface area contributed by atoms with Gasteiger partial charge in [0, 0.05) is 16.5 Å². The van der Waals surface area contributed by atoms with Gasteiger partial charge < -0.3 is 4.42 Å². The number of halogens is 1. The maximum absolute atomic E-state index is 12.7. The Hall–Kier alpha value is -2.03. The molecule has 0 aliphatic carbocycles. The Morgan fingerprint density at radius 1 is 1.04 bits per heavy atom. The van der Waals surface area contributed by atoms with Crippen molar-refractivity contribution in [2.24, 2.45) is 0 Å². The van der Waals surface area contributed by atoms with Crippen LogP contribution in [0.3, 0.4) is 0 Å². The second kappa shape index (κ2) is 7.53. The van der Waals surface area contributed by atoms with Crippen molar-refractivity contribution >= 4 is 48.1 Å². The summed E-state index contributed by atoms with van der Waals surface area (Å²) in [4.78, 5) is -0.111. The Bertz CT molecular complexity index is 1150. The Morgan fingerprint density at radius 2 is 1.78 bits per heavy atom. The highest BCUT2D eigenvalue weighted by Gasteiger charge is 2.25. The fourth-order valence-electron chi connectivity index (χ4n) is 2.58. The van der Waals surface area contributed by atoms with E-state index in [9.17, 15) is 16.8 Å². The van der Waals surface area contributed by atoms with Crippen LogP contribution in [-0.4, -0.2) is 22.6 Å². The zero-order chi connectivity index (χ0) is 19.7. The lowest BCUT2D eigenvalue weighted by atomic mass is 10.3. The number of rotatable bonds is 7. The Kier molecular flexibility index (Phi) is 5.50. The third-order valence-corrected chi connectivity index (χ3v) is 7.26. The SMILES string of the molecule is CCCCS(=O)(=O)c1ccc(Cl)cc1NS(=O)(=O)c1cc2ccccc2o1. The normalized spacial score (nSPS) is 12.4. The Morgan fingerprint density at radius 3 is 2.48 bits per heavy atom. The molecule has 0 aliphatic heterocycles. The molecule has 0 bridgehead atoms. The lowest BCUT2D eigenvalue weighted by molar-refractivity contribution is 0.484. The van der Waals surface area contributed by atoms with Crippen LogP contribution in [0.1, 0.15) is 19.8 Å². The smallest absolute Gasteiger partial charge is 0.295 e. The second-order valence-corrected chi connectivity index (χ2v) is 10.1. The molecule has 0 fully saturated rings. The van der Waals surface area contributed by atoms with E-state index in [1.165, 1.54) is 24.3 Å². The lowest BCUT2D eigenvalue weighted by Crippen LogP contribution is -2.16. The van der Waals surface area contributed by atoms with Crippen molar-refractivity contribution in [3.8, 4) is 0 Å². The average molecular weight is 428 g/mol. The van der Waals surface area contributed by atoms with Gasteiger partial charge in [0.25, 0.3) is 10.0 Å². The topological polar surface area (TPSA) is 93.5 Å². The van der Waals surface area contributed by atoms with E-state index in [1.54, 1.807) is 24.3 Å². The van der Waals surface area contributed by atoms with Gasteiger partial charge in [-0.05, 0) is 30.7 Å². The maximum atomic E-state index is 12.7. The number of benzene rings is 2. The minimum absolute atomic E-state index is 0.0789. The van der Waals surface area contributed by atoms with E-state index in [0.717, 1.165) is 0 Å². The molecule has 6 nitrogen and oxygen atoms in total. The monoisotopic (exact) mass is 427 g/mol. The first-order chi connectivity index (χ1) is 12.7. The summed E-state index contributed by atoms with van der Waals surface area (Å²) in [7, 11) is -7.80. The van der Waals surface area contributed by atoms with Gasteiger partial charge in [-0.25, -0.2) is 8.42 Å². The minimum Gasteiger partial charge on any atom is -0.443 e. The molecule has 0 unspecified atom stereocenters. The Labute approximate surface area is 163 Å². The van der Waals surface area contributed by atoms with Crippen LogP contribution >= 0.6 is 11.6 Å². The van der Waals surface area contributed by atoms with Crippen LogP contribution in [0.2, 0.25) is 5.02 Å². The van der Waals surface area contributed by atoms with Gasteiger partial charge in [-0.2, -0.15) is 8.42 Å². The summed E-state index contributed by atoms with van der Waals surface area (Å²) >= 11 is 5.96.